The van der Waals surface area contributed by atoms with Gasteiger partial charge < -0.3 is 9.55 Å². The first kappa shape index (κ1) is 17.5. The minimum atomic E-state index is -0.153. The Kier molecular flexibility index (Phi) is 4.06. The number of aryl methyl sites for hydroxylation is 1. The van der Waals surface area contributed by atoms with Crippen molar-refractivity contribution < 1.29 is 0 Å². The highest BCUT2D eigenvalue weighted by Crippen LogP contribution is 2.43. The topological polar surface area (TPSA) is 66.8 Å². The molecule has 6 nitrogen and oxygen atoms in total. The van der Waals surface area contributed by atoms with Crippen LogP contribution in [0.2, 0.25) is 0 Å². The molecule has 1 unspecified atom stereocenters. The van der Waals surface area contributed by atoms with E-state index in [4.69, 9.17) is 4.98 Å². The maximum absolute atomic E-state index is 12.7. The minimum Gasteiger partial charge on any atom is -0.337 e. The first-order chi connectivity index (χ1) is 12.3. The number of aromatic nitrogens is 4. The number of rotatable bonds is 2. The molecule has 0 bridgehead atoms. The number of likely N-dealkylation sites (tertiary alicyclic amines) is 1. The molecule has 0 saturated carbocycles. The van der Waals surface area contributed by atoms with Gasteiger partial charge in [0.1, 0.15) is 11.6 Å². The van der Waals surface area contributed by atoms with Crippen molar-refractivity contribution in [1.29, 1.82) is 0 Å². The fourth-order valence-corrected chi connectivity index (χ4v) is 4.51. The molecule has 3 heterocycles. The van der Waals surface area contributed by atoms with Crippen LogP contribution < -0.4 is 5.56 Å². The molecule has 1 fully saturated rings. The Labute approximate surface area is 154 Å². The van der Waals surface area contributed by atoms with Crippen molar-refractivity contribution in [2.45, 2.75) is 63.8 Å². The zero-order valence-electron chi connectivity index (χ0n) is 16.3. The van der Waals surface area contributed by atoms with Crippen molar-refractivity contribution in [3.05, 3.63) is 45.7 Å². The molecule has 2 aliphatic rings. The van der Waals surface area contributed by atoms with Gasteiger partial charge >= 0.3 is 0 Å². The predicted molar refractivity (Wildman–Crippen MR) is 101 cm³/mol. The number of nitrogens with zero attached hydrogens (tertiary/aromatic N) is 4. The molecule has 1 aliphatic heterocycles. The first-order valence-corrected chi connectivity index (χ1v) is 9.61. The van der Waals surface area contributed by atoms with Crippen LogP contribution in [0, 0.1) is 0 Å². The number of hydrogen-bond donors (Lipinski definition) is 1. The zero-order chi connectivity index (χ0) is 18.5. The summed E-state index contributed by atoms with van der Waals surface area (Å²) in [4.78, 5) is 27.7. The Morgan fingerprint density at radius 3 is 2.81 bits per heavy atom. The molecule has 2 aromatic rings. The summed E-state index contributed by atoms with van der Waals surface area (Å²) in [5.41, 5.74) is 1.91. The molecule has 1 N–H and O–H groups in total. The quantitative estimate of drug-likeness (QED) is 0.897. The summed E-state index contributed by atoms with van der Waals surface area (Å²) in [5.74, 6) is 1.90. The van der Waals surface area contributed by atoms with Crippen molar-refractivity contribution >= 4 is 0 Å². The Balaban J connectivity index is 1.67. The lowest BCUT2D eigenvalue weighted by Crippen LogP contribution is -2.45. The molecule has 140 valence electrons. The van der Waals surface area contributed by atoms with Gasteiger partial charge in [-0.15, -0.1) is 0 Å². The van der Waals surface area contributed by atoms with Crippen LogP contribution in [0.15, 0.2) is 17.2 Å². The first-order valence-electron chi connectivity index (χ1n) is 9.61. The highest BCUT2D eigenvalue weighted by molar-refractivity contribution is 5.34. The summed E-state index contributed by atoms with van der Waals surface area (Å²) < 4.78 is 2.09. The summed E-state index contributed by atoms with van der Waals surface area (Å²) in [5, 5.41) is 0. The molecule has 1 spiro atoms. The fraction of sp³-hybridized carbons (Fsp3) is 0.650. The van der Waals surface area contributed by atoms with Crippen LogP contribution >= 0.6 is 0 Å². The normalized spacial score (nSPS) is 23.5. The van der Waals surface area contributed by atoms with Crippen LogP contribution in [0.1, 0.15) is 62.9 Å². The number of nitrogens with one attached hydrogen (secondary N) is 1. The summed E-state index contributed by atoms with van der Waals surface area (Å²) in [7, 11) is 2.05. The van der Waals surface area contributed by atoms with Crippen molar-refractivity contribution in [3.63, 3.8) is 0 Å². The summed E-state index contributed by atoms with van der Waals surface area (Å²) in [6, 6.07) is 0. The molecule has 6 heteroatoms. The van der Waals surface area contributed by atoms with Gasteiger partial charge in [-0.2, -0.15) is 0 Å². The third kappa shape index (κ3) is 2.90. The lowest BCUT2D eigenvalue weighted by Gasteiger charge is -2.40. The number of imidazole rings is 1. The molecule has 1 saturated heterocycles. The summed E-state index contributed by atoms with van der Waals surface area (Å²) in [6.45, 7) is 9.22. The van der Waals surface area contributed by atoms with E-state index in [1.54, 1.807) is 0 Å². The Hall–Kier alpha value is -1.95. The van der Waals surface area contributed by atoms with E-state index in [2.05, 4.69) is 40.2 Å². The van der Waals surface area contributed by atoms with Gasteiger partial charge in [0.15, 0.2) is 0 Å². The highest BCUT2D eigenvalue weighted by atomic mass is 16.1. The Bertz CT molecular complexity index is 875. The van der Waals surface area contributed by atoms with E-state index in [-0.39, 0.29) is 16.4 Å². The fourth-order valence-electron chi connectivity index (χ4n) is 4.51. The number of hydrogen-bond acceptors (Lipinski definition) is 4. The van der Waals surface area contributed by atoms with Crippen molar-refractivity contribution in [2.24, 2.45) is 7.05 Å². The summed E-state index contributed by atoms with van der Waals surface area (Å²) in [6.07, 6.45) is 7.99. The molecule has 2 aromatic heterocycles. The van der Waals surface area contributed by atoms with E-state index in [0.717, 1.165) is 68.2 Å². The molecular formula is C20H29N5O. The van der Waals surface area contributed by atoms with E-state index in [1.165, 1.54) is 0 Å². The third-order valence-corrected chi connectivity index (χ3v) is 6.02. The monoisotopic (exact) mass is 355 g/mol. The van der Waals surface area contributed by atoms with Crippen LogP contribution in [0.3, 0.4) is 0 Å². The SMILES string of the molecule is Cn1ccnc1CN1CCCC2(CCc3c2nc(C(C)(C)C)[nH]c3=O)C1. The van der Waals surface area contributed by atoms with E-state index in [9.17, 15) is 4.79 Å². The standard InChI is InChI=1S/C20H29N5O/c1-19(2,3)18-22-16-14(17(26)23-18)6-8-20(16)7-5-10-25(13-20)12-15-21-9-11-24(15)4/h9,11H,5-8,10,12-13H2,1-4H3,(H,22,23,26). The molecule has 0 amide bonds. The molecule has 26 heavy (non-hydrogen) atoms. The zero-order valence-corrected chi connectivity index (χ0v) is 16.3. The van der Waals surface area contributed by atoms with Crippen molar-refractivity contribution in [1.82, 2.24) is 24.4 Å². The number of piperidine rings is 1. The van der Waals surface area contributed by atoms with Gasteiger partial charge in [0, 0.05) is 42.4 Å². The Morgan fingerprint density at radius 1 is 1.31 bits per heavy atom. The Morgan fingerprint density at radius 2 is 2.12 bits per heavy atom. The van der Waals surface area contributed by atoms with Crippen LogP contribution in [0.5, 0.6) is 0 Å². The third-order valence-electron chi connectivity index (χ3n) is 6.02. The molecule has 4 rings (SSSR count). The van der Waals surface area contributed by atoms with Gasteiger partial charge in [0.25, 0.3) is 5.56 Å². The molecule has 1 atom stereocenters. The second-order valence-corrected chi connectivity index (χ2v) is 9.04. The van der Waals surface area contributed by atoms with Crippen LogP contribution in [0.4, 0.5) is 0 Å². The molecular weight excluding hydrogens is 326 g/mol. The predicted octanol–water partition coefficient (Wildman–Crippen LogP) is 2.28. The van der Waals surface area contributed by atoms with Crippen LogP contribution in [-0.2, 0) is 30.8 Å². The van der Waals surface area contributed by atoms with E-state index < -0.39 is 0 Å². The van der Waals surface area contributed by atoms with E-state index in [1.807, 2.05) is 19.4 Å². The number of aromatic amines is 1. The number of fused-ring (bicyclic) bond motifs is 2. The lowest BCUT2D eigenvalue weighted by atomic mass is 9.77. The van der Waals surface area contributed by atoms with Gasteiger partial charge in [-0.25, -0.2) is 9.97 Å². The summed E-state index contributed by atoms with van der Waals surface area (Å²) >= 11 is 0. The van der Waals surface area contributed by atoms with Gasteiger partial charge in [-0.3, -0.25) is 9.69 Å². The van der Waals surface area contributed by atoms with Gasteiger partial charge in [-0.05, 0) is 32.2 Å². The van der Waals surface area contributed by atoms with Crippen LogP contribution in [0.25, 0.3) is 0 Å². The largest absolute Gasteiger partial charge is 0.337 e. The molecule has 1 aliphatic carbocycles. The molecule has 0 aromatic carbocycles. The van der Waals surface area contributed by atoms with Gasteiger partial charge in [0.05, 0.1) is 12.2 Å². The van der Waals surface area contributed by atoms with E-state index >= 15 is 0 Å². The second kappa shape index (κ2) is 6.05. The number of H-pyrrole nitrogens is 1. The average molecular weight is 355 g/mol. The maximum Gasteiger partial charge on any atom is 0.254 e. The van der Waals surface area contributed by atoms with Crippen molar-refractivity contribution in [2.75, 3.05) is 13.1 Å². The van der Waals surface area contributed by atoms with Crippen molar-refractivity contribution in [3.8, 4) is 0 Å². The highest BCUT2D eigenvalue weighted by Gasteiger charge is 2.45. The minimum absolute atomic E-state index is 0.0208. The smallest absolute Gasteiger partial charge is 0.254 e. The van der Waals surface area contributed by atoms with E-state index in [0.29, 0.717) is 0 Å². The van der Waals surface area contributed by atoms with Crippen LogP contribution in [-0.4, -0.2) is 37.5 Å². The lowest BCUT2D eigenvalue weighted by molar-refractivity contribution is 0.132. The van der Waals surface area contributed by atoms with Gasteiger partial charge in [0.2, 0.25) is 0 Å². The molecule has 0 radical (unpaired) electrons. The second-order valence-electron chi connectivity index (χ2n) is 9.04. The maximum atomic E-state index is 12.7. The van der Waals surface area contributed by atoms with Gasteiger partial charge in [-0.1, -0.05) is 20.8 Å². The average Bonchev–Trinajstić information content (AvgIpc) is 3.12.